The molecule has 0 aliphatic heterocycles. The molecule has 0 unspecified atom stereocenters. The number of phenols is 1. The molecule has 0 atom stereocenters. The van der Waals surface area contributed by atoms with Gasteiger partial charge in [-0.05, 0) is 57.0 Å². The van der Waals surface area contributed by atoms with Crippen LogP contribution in [0.2, 0.25) is 0 Å². The monoisotopic (exact) mass is 448 g/mol. The van der Waals surface area contributed by atoms with Crippen molar-refractivity contribution in [2.24, 2.45) is 0 Å². The van der Waals surface area contributed by atoms with Crippen LogP contribution >= 0.6 is 0 Å². The third-order valence-electron chi connectivity index (χ3n) is 5.93. The molecule has 0 aliphatic rings. The number of aliphatic hydroxyl groups excluding tert-OH is 1. The number of hydrogen-bond acceptors (Lipinski definition) is 6. The second-order valence-corrected chi connectivity index (χ2v) is 8.21. The summed E-state index contributed by atoms with van der Waals surface area (Å²) < 4.78 is 3.36. The molecular weight excluding hydrogens is 420 g/mol. The normalized spacial score (nSPS) is 11.3. The topological polar surface area (TPSA) is 131 Å². The summed E-state index contributed by atoms with van der Waals surface area (Å²) in [6, 6.07) is 7.16. The highest BCUT2D eigenvalue weighted by molar-refractivity contribution is 6.11. The lowest BCUT2D eigenvalue weighted by molar-refractivity contribution is 0.0952. The number of carbonyl (C=O) groups is 1. The van der Waals surface area contributed by atoms with E-state index in [9.17, 15) is 9.90 Å². The number of aliphatic hydroxyl groups is 1. The summed E-state index contributed by atoms with van der Waals surface area (Å²) >= 11 is 0. The number of nitrogens with one attached hydrogen (secondary N) is 1. The van der Waals surface area contributed by atoms with Gasteiger partial charge in [0, 0.05) is 22.8 Å². The van der Waals surface area contributed by atoms with Crippen LogP contribution in [-0.2, 0) is 13.1 Å². The quantitative estimate of drug-likeness (QED) is 0.359. The molecular formula is C24H28N6O3. The largest absolute Gasteiger partial charge is 0.508 e. The molecule has 172 valence electrons. The summed E-state index contributed by atoms with van der Waals surface area (Å²) in [4.78, 5) is 18.1. The summed E-state index contributed by atoms with van der Waals surface area (Å²) in [6.07, 6.45) is 1.75. The summed E-state index contributed by atoms with van der Waals surface area (Å²) in [5.41, 5.74) is 12.2. The molecule has 0 spiro atoms. The first-order valence-corrected chi connectivity index (χ1v) is 10.7. The number of nitrogen functional groups attached to an aromatic ring is 1. The first kappa shape index (κ1) is 22.3. The zero-order valence-electron chi connectivity index (χ0n) is 19.2. The van der Waals surface area contributed by atoms with Gasteiger partial charge in [-0.15, -0.1) is 0 Å². The van der Waals surface area contributed by atoms with Crippen LogP contribution in [-0.4, -0.2) is 42.1 Å². The molecule has 0 radical (unpaired) electrons. The molecule has 3 heterocycles. The Labute approximate surface area is 191 Å². The van der Waals surface area contributed by atoms with Crippen LogP contribution in [0.3, 0.4) is 0 Å². The van der Waals surface area contributed by atoms with Gasteiger partial charge in [0.1, 0.15) is 17.2 Å². The Balaban J connectivity index is 1.82. The maximum Gasteiger partial charge on any atom is 0.256 e. The van der Waals surface area contributed by atoms with Crippen LogP contribution < -0.4 is 11.1 Å². The number of nitrogens with two attached hydrogens (primary N) is 1. The van der Waals surface area contributed by atoms with Crippen LogP contribution in [0.1, 0.15) is 38.4 Å². The predicted octanol–water partition coefficient (Wildman–Crippen LogP) is 2.67. The molecule has 5 N–H and O–H groups in total. The molecule has 4 rings (SSSR count). The molecule has 0 saturated carbocycles. The van der Waals surface area contributed by atoms with E-state index in [0.717, 1.165) is 16.8 Å². The third-order valence-corrected chi connectivity index (χ3v) is 5.93. The van der Waals surface area contributed by atoms with Crippen LogP contribution in [0.5, 0.6) is 5.75 Å². The van der Waals surface area contributed by atoms with E-state index in [4.69, 9.17) is 15.8 Å². The number of nitrogens with zero attached hydrogens (tertiary/aromatic N) is 4. The number of rotatable bonds is 6. The van der Waals surface area contributed by atoms with Crippen molar-refractivity contribution in [3.63, 3.8) is 0 Å². The fourth-order valence-corrected chi connectivity index (χ4v) is 4.03. The summed E-state index contributed by atoms with van der Waals surface area (Å²) in [5, 5.41) is 27.3. The maximum atomic E-state index is 13.3. The Morgan fingerprint density at radius 2 is 1.91 bits per heavy atom. The van der Waals surface area contributed by atoms with E-state index >= 15 is 0 Å². The molecule has 0 bridgehead atoms. The molecule has 4 aromatic rings. The number of fused-ring (bicyclic) bond motifs is 1. The van der Waals surface area contributed by atoms with Gasteiger partial charge >= 0.3 is 0 Å². The van der Waals surface area contributed by atoms with Crippen molar-refractivity contribution < 1.29 is 15.0 Å². The molecule has 0 fully saturated rings. The van der Waals surface area contributed by atoms with E-state index < -0.39 is 0 Å². The van der Waals surface area contributed by atoms with E-state index in [1.807, 2.05) is 39.8 Å². The van der Waals surface area contributed by atoms with Gasteiger partial charge in [-0.2, -0.15) is 5.10 Å². The summed E-state index contributed by atoms with van der Waals surface area (Å²) in [6.45, 7) is 8.18. The zero-order valence-corrected chi connectivity index (χ0v) is 19.2. The van der Waals surface area contributed by atoms with Crippen LogP contribution in [0.4, 0.5) is 5.82 Å². The van der Waals surface area contributed by atoms with Gasteiger partial charge < -0.3 is 21.3 Å². The number of hydrogen-bond donors (Lipinski definition) is 4. The first-order valence-electron chi connectivity index (χ1n) is 10.7. The SMILES string of the molecule is Cc1cc2c(C(=O)NCc3ccn(CCO)n3)c(N)n(-c3c(C)ccc(O)c3C)c2nc1C. The molecule has 1 aromatic carbocycles. The van der Waals surface area contributed by atoms with Crippen LogP contribution in [0.25, 0.3) is 16.7 Å². The highest BCUT2D eigenvalue weighted by Crippen LogP contribution is 2.36. The first-order chi connectivity index (χ1) is 15.7. The van der Waals surface area contributed by atoms with E-state index in [1.165, 1.54) is 0 Å². The van der Waals surface area contributed by atoms with E-state index in [0.29, 0.717) is 40.1 Å². The van der Waals surface area contributed by atoms with Gasteiger partial charge in [0.05, 0.1) is 36.6 Å². The van der Waals surface area contributed by atoms with Crippen molar-refractivity contribution in [1.82, 2.24) is 24.6 Å². The smallest absolute Gasteiger partial charge is 0.256 e. The number of carbonyl (C=O) groups excluding carboxylic acids is 1. The number of aryl methyl sites for hydroxylation is 3. The average Bonchev–Trinajstić information content (AvgIpc) is 3.33. The van der Waals surface area contributed by atoms with Crippen molar-refractivity contribution in [3.8, 4) is 11.4 Å². The molecule has 0 saturated heterocycles. The molecule has 9 heteroatoms. The van der Waals surface area contributed by atoms with Crippen molar-refractivity contribution in [2.75, 3.05) is 12.3 Å². The van der Waals surface area contributed by atoms with Crippen LogP contribution in [0, 0.1) is 27.7 Å². The fraction of sp³-hybridized carbons (Fsp3) is 0.292. The van der Waals surface area contributed by atoms with Gasteiger partial charge in [0.2, 0.25) is 0 Å². The van der Waals surface area contributed by atoms with Gasteiger partial charge in [-0.1, -0.05) is 6.07 Å². The number of benzene rings is 1. The molecule has 0 aliphatic carbocycles. The second kappa shape index (κ2) is 8.59. The minimum atomic E-state index is -0.339. The summed E-state index contributed by atoms with van der Waals surface area (Å²) in [5.74, 6) is 0.0567. The highest BCUT2D eigenvalue weighted by atomic mass is 16.3. The van der Waals surface area contributed by atoms with Gasteiger partial charge in [0.25, 0.3) is 5.91 Å². The second-order valence-electron chi connectivity index (χ2n) is 8.21. The Kier molecular flexibility index (Phi) is 5.82. The average molecular weight is 449 g/mol. The lowest BCUT2D eigenvalue weighted by Gasteiger charge is -2.15. The molecule has 1 amide bonds. The number of aromatic nitrogens is 4. The minimum Gasteiger partial charge on any atom is -0.508 e. The maximum absolute atomic E-state index is 13.3. The van der Waals surface area contributed by atoms with Gasteiger partial charge in [0.15, 0.2) is 0 Å². The number of pyridine rings is 1. The van der Waals surface area contributed by atoms with Crippen molar-refractivity contribution in [1.29, 1.82) is 0 Å². The number of aromatic hydroxyl groups is 1. The van der Waals surface area contributed by atoms with Gasteiger partial charge in [-0.25, -0.2) is 4.98 Å². The number of anilines is 1. The predicted molar refractivity (Wildman–Crippen MR) is 127 cm³/mol. The number of amides is 1. The minimum absolute atomic E-state index is 0.0108. The van der Waals surface area contributed by atoms with Crippen molar-refractivity contribution >= 4 is 22.8 Å². The van der Waals surface area contributed by atoms with Gasteiger partial charge in [-0.3, -0.25) is 14.0 Å². The zero-order chi connectivity index (χ0) is 23.9. The standard InChI is InChI=1S/C24H28N6O3/c1-13-5-6-19(32)15(3)21(13)30-22(25)20(18-11-14(2)16(4)27-23(18)30)24(33)26-12-17-7-8-29(28-17)9-10-31/h5-8,11,31-32H,9-10,12,25H2,1-4H3,(H,26,33). The van der Waals surface area contributed by atoms with Crippen molar-refractivity contribution in [2.45, 2.75) is 40.8 Å². The summed E-state index contributed by atoms with van der Waals surface area (Å²) in [7, 11) is 0. The molecule has 3 aromatic heterocycles. The molecule has 9 nitrogen and oxygen atoms in total. The Hall–Kier alpha value is -3.85. The highest BCUT2D eigenvalue weighted by Gasteiger charge is 2.25. The lowest BCUT2D eigenvalue weighted by Crippen LogP contribution is -2.24. The van der Waals surface area contributed by atoms with Crippen molar-refractivity contribution in [3.05, 3.63) is 64.1 Å². The Morgan fingerprint density at radius 1 is 1.15 bits per heavy atom. The number of phenolic OH excluding ortho intramolecular Hbond substituents is 1. The van der Waals surface area contributed by atoms with E-state index in [2.05, 4.69) is 10.4 Å². The third kappa shape index (κ3) is 3.91. The molecule has 33 heavy (non-hydrogen) atoms. The fourth-order valence-electron chi connectivity index (χ4n) is 4.03. The Morgan fingerprint density at radius 3 is 2.64 bits per heavy atom. The Bertz CT molecular complexity index is 1370. The van der Waals surface area contributed by atoms with E-state index in [1.54, 1.807) is 27.6 Å². The van der Waals surface area contributed by atoms with Crippen LogP contribution in [0.15, 0.2) is 30.5 Å². The lowest BCUT2D eigenvalue weighted by atomic mass is 10.1. The van der Waals surface area contributed by atoms with E-state index in [-0.39, 0.29) is 30.6 Å².